The van der Waals surface area contributed by atoms with Crippen LogP contribution in [0.5, 0.6) is 5.88 Å². The molecule has 1 aromatic rings. The number of rotatable bonds is 1. The minimum atomic E-state index is 0.545. The highest BCUT2D eigenvalue weighted by molar-refractivity contribution is 9.10. The normalized spacial score (nSPS) is 14.5. The molecule has 0 atom stereocenters. The molecule has 0 amide bonds. The van der Waals surface area contributed by atoms with E-state index >= 15 is 0 Å². The van der Waals surface area contributed by atoms with Crippen LogP contribution >= 0.6 is 15.9 Å². The standard InChI is InChI=1S/C7H7BrN2O2/c1-11-6-4-2-12-3-5(4)9-7(8)10-6/h2-3H2,1H3. The maximum Gasteiger partial charge on any atom is 0.223 e. The molecule has 0 unspecified atom stereocenters. The van der Waals surface area contributed by atoms with Gasteiger partial charge in [0, 0.05) is 0 Å². The van der Waals surface area contributed by atoms with E-state index in [2.05, 4.69) is 25.9 Å². The fourth-order valence-electron chi connectivity index (χ4n) is 1.16. The fraction of sp³-hybridized carbons (Fsp3) is 0.429. The Morgan fingerprint density at radius 1 is 1.42 bits per heavy atom. The van der Waals surface area contributed by atoms with Gasteiger partial charge in [0.25, 0.3) is 0 Å². The summed E-state index contributed by atoms with van der Waals surface area (Å²) in [7, 11) is 1.59. The monoisotopic (exact) mass is 230 g/mol. The third-order valence-electron chi connectivity index (χ3n) is 1.71. The van der Waals surface area contributed by atoms with E-state index < -0.39 is 0 Å². The zero-order valence-electron chi connectivity index (χ0n) is 6.50. The van der Waals surface area contributed by atoms with Gasteiger partial charge < -0.3 is 9.47 Å². The second-order valence-corrected chi connectivity index (χ2v) is 3.13. The summed E-state index contributed by atoms with van der Waals surface area (Å²) in [4.78, 5) is 8.23. The highest BCUT2D eigenvalue weighted by Gasteiger charge is 2.19. The number of aromatic nitrogens is 2. The van der Waals surface area contributed by atoms with Crippen LogP contribution in [0.1, 0.15) is 11.3 Å². The smallest absolute Gasteiger partial charge is 0.223 e. The van der Waals surface area contributed by atoms with Crippen molar-refractivity contribution in [1.82, 2.24) is 9.97 Å². The molecule has 0 fully saturated rings. The summed E-state index contributed by atoms with van der Waals surface area (Å²) in [6.45, 7) is 1.10. The topological polar surface area (TPSA) is 44.2 Å². The minimum absolute atomic E-state index is 0.545. The molecule has 0 aromatic carbocycles. The third kappa shape index (κ3) is 1.19. The molecule has 0 saturated carbocycles. The van der Waals surface area contributed by atoms with Crippen LogP contribution in [0.3, 0.4) is 0 Å². The number of ether oxygens (including phenoxy) is 2. The van der Waals surface area contributed by atoms with Crippen molar-refractivity contribution in [2.24, 2.45) is 0 Å². The first-order valence-corrected chi connectivity index (χ1v) is 4.27. The highest BCUT2D eigenvalue weighted by Crippen LogP contribution is 2.26. The summed E-state index contributed by atoms with van der Waals surface area (Å²) >= 11 is 3.20. The van der Waals surface area contributed by atoms with Gasteiger partial charge in [-0.1, -0.05) is 0 Å². The van der Waals surface area contributed by atoms with Crippen LogP contribution in [-0.4, -0.2) is 17.1 Å². The number of methoxy groups -OCH3 is 1. The second kappa shape index (κ2) is 2.99. The molecule has 2 rings (SSSR count). The van der Waals surface area contributed by atoms with Crippen LogP contribution in [0.2, 0.25) is 0 Å². The number of hydrogen-bond acceptors (Lipinski definition) is 4. The van der Waals surface area contributed by atoms with E-state index in [4.69, 9.17) is 9.47 Å². The third-order valence-corrected chi connectivity index (χ3v) is 2.06. The van der Waals surface area contributed by atoms with Crippen molar-refractivity contribution in [3.8, 4) is 5.88 Å². The van der Waals surface area contributed by atoms with E-state index in [9.17, 15) is 0 Å². The van der Waals surface area contributed by atoms with E-state index in [0.29, 0.717) is 23.8 Å². The first-order valence-electron chi connectivity index (χ1n) is 3.48. The quantitative estimate of drug-likeness (QED) is 0.683. The Morgan fingerprint density at radius 3 is 3.00 bits per heavy atom. The van der Waals surface area contributed by atoms with Crippen molar-refractivity contribution in [3.63, 3.8) is 0 Å². The maximum absolute atomic E-state index is 5.21. The predicted octanol–water partition coefficient (Wildman–Crippen LogP) is 1.28. The number of halogens is 1. The van der Waals surface area contributed by atoms with Gasteiger partial charge in [0.2, 0.25) is 5.88 Å². The van der Waals surface area contributed by atoms with E-state index in [1.807, 2.05) is 0 Å². The van der Waals surface area contributed by atoms with Crippen molar-refractivity contribution in [1.29, 1.82) is 0 Å². The summed E-state index contributed by atoms with van der Waals surface area (Å²) in [6, 6.07) is 0. The highest BCUT2D eigenvalue weighted by atomic mass is 79.9. The molecular weight excluding hydrogens is 224 g/mol. The van der Waals surface area contributed by atoms with Gasteiger partial charge in [-0.3, -0.25) is 0 Å². The predicted molar refractivity (Wildman–Crippen MR) is 44.8 cm³/mol. The van der Waals surface area contributed by atoms with Gasteiger partial charge in [-0.2, -0.15) is 4.98 Å². The van der Waals surface area contributed by atoms with Crippen molar-refractivity contribution < 1.29 is 9.47 Å². The molecule has 0 radical (unpaired) electrons. The molecule has 0 spiro atoms. The van der Waals surface area contributed by atoms with Crippen LogP contribution in [-0.2, 0) is 18.0 Å². The summed E-state index contributed by atoms with van der Waals surface area (Å²) in [5.41, 5.74) is 1.87. The number of hydrogen-bond donors (Lipinski definition) is 0. The summed E-state index contributed by atoms with van der Waals surface area (Å²) in [6.07, 6.45) is 0. The van der Waals surface area contributed by atoms with Crippen LogP contribution in [0.4, 0.5) is 0 Å². The lowest BCUT2D eigenvalue weighted by Gasteiger charge is -2.03. The number of fused-ring (bicyclic) bond motifs is 1. The molecule has 12 heavy (non-hydrogen) atoms. The Balaban J connectivity index is 2.55. The molecular formula is C7H7BrN2O2. The molecule has 1 aromatic heterocycles. The number of nitrogens with zero attached hydrogens (tertiary/aromatic N) is 2. The summed E-state index contributed by atoms with van der Waals surface area (Å²) in [5.74, 6) is 0.601. The van der Waals surface area contributed by atoms with Crippen LogP contribution in [0.15, 0.2) is 4.73 Å². The van der Waals surface area contributed by atoms with E-state index in [1.165, 1.54) is 0 Å². The lowest BCUT2D eigenvalue weighted by Crippen LogP contribution is -1.98. The molecule has 0 bridgehead atoms. The van der Waals surface area contributed by atoms with E-state index in [1.54, 1.807) is 7.11 Å². The molecule has 2 heterocycles. The van der Waals surface area contributed by atoms with E-state index in [0.717, 1.165) is 11.3 Å². The van der Waals surface area contributed by atoms with Gasteiger partial charge in [0.15, 0.2) is 4.73 Å². The molecule has 4 nitrogen and oxygen atoms in total. The minimum Gasteiger partial charge on any atom is -0.481 e. The Hall–Kier alpha value is -0.680. The molecule has 0 N–H and O–H groups in total. The zero-order chi connectivity index (χ0) is 8.55. The summed E-state index contributed by atoms with van der Waals surface area (Å²) in [5, 5.41) is 0. The van der Waals surface area contributed by atoms with Gasteiger partial charge in [-0.05, 0) is 15.9 Å². The Labute approximate surface area is 78.1 Å². The molecule has 0 saturated heterocycles. The molecule has 64 valence electrons. The molecule has 1 aliphatic rings. The Morgan fingerprint density at radius 2 is 2.25 bits per heavy atom. The zero-order valence-corrected chi connectivity index (χ0v) is 8.09. The SMILES string of the molecule is COc1nc(Br)nc2c1COC2. The summed E-state index contributed by atoms with van der Waals surface area (Å²) < 4.78 is 10.8. The van der Waals surface area contributed by atoms with Crippen LogP contribution in [0, 0.1) is 0 Å². The van der Waals surface area contributed by atoms with Crippen LogP contribution in [0.25, 0.3) is 0 Å². The maximum atomic E-state index is 5.21. The van der Waals surface area contributed by atoms with Crippen molar-refractivity contribution >= 4 is 15.9 Å². The Bertz CT molecular complexity index is 317. The first kappa shape index (κ1) is 7.94. The van der Waals surface area contributed by atoms with E-state index in [-0.39, 0.29) is 0 Å². The Kier molecular flexibility index (Phi) is 1.98. The largest absolute Gasteiger partial charge is 0.481 e. The second-order valence-electron chi connectivity index (χ2n) is 2.42. The van der Waals surface area contributed by atoms with Gasteiger partial charge in [-0.25, -0.2) is 4.98 Å². The lowest BCUT2D eigenvalue weighted by molar-refractivity contribution is 0.132. The van der Waals surface area contributed by atoms with Gasteiger partial charge in [-0.15, -0.1) is 0 Å². The average molecular weight is 231 g/mol. The lowest BCUT2D eigenvalue weighted by atomic mass is 10.3. The van der Waals surface area contributed by atoms with Gasteiger partial charge in [0.05, 0.1) is 31.6 Å². The van der Waals surface area contributed by atoms with Gasteiger partial charge >= 0.3 is 0 Å². The van der Waals surface area contributed by atoms with Crippen molar-refractivity contribution in [3.05, 3.63) is 16.0 Å². The molecule has 0 aliphatic carbocycles. The fourth-order valence-corrected chi connectivity index (χ4v) is 1.54. The van der Waals surface area contributed by atoms with Crippen LogP contribution < -0.4 is 4.74 Å². The average Bonchev–Trinajstić information content (AvgIpc) is 2.50. The first-order chi connectivity index (χ1) is 5.81. The molecule has 1 aliphatic heterocycles. The molecule has 5 heteroatoms. The van der Waals surface area contributed by atoms with Gasteiger partial charge in [0.1, 0.15) is 0 Å². The van der Waals surface area contributed by atoms with Crippen molar-refractivity contribution in [2.75, 3.05) is 7.11 Å². The van der Waals surface area contributed by atoms with Crippen molar-refractivity contribution in [2.45, 2.75) is 13.2 Å².